The molecule has 14 heavy (non-hydrogen) atoms. The lowest BCUT2D eigenvalue weighted by atomic mass is 10.4. The third kappa shape index (κ3) is 3.47. The summed E-state index contributed by atoms with van der Waals surface area (Å²) in [7, 11) is 0. The van der Waals surface area contributed by atoms with E-state index in [-0.39, 0.29) is 0 Å². The fraction of sp³-hybridized carbons (Fsp3) is 0.364. The Bertz CT molecular complexity index is 282. The Hall–Kier alpha value is -1.51. The highest BCUT2D eigenvalue weighted by Gasteiger charge is 1.89. The Morgan fingerprint density at radius 2 is 1.36 bits per heavy atom. The minimum absolute atomic E-state index is 0.699. The lowest BCUT2D eigenvalue weighted by Gasteiger charge is -1.89. The highest BCUT2D eigenvalue weighted by atomic mass is 14.9. The summed E-state index contributed by atoms with van der Waals surface area (Å²) < 4.78 is 0. The SMILES string of the molecule is CC.CC.c1cnc2nccnc2c1. The van der Waals surface area contributed by atoms with Gasteiger partial charge in [-0.3, -0.25) is 4.98 Å². The normalized spacial score (nSPS) is 8.00. The van der Waals surface area contributed by atoms with E-state index < -0.39 is 0 Å². The van der Waals surface area contributed by atoms with Crippen molar-refractivity contribution in [3.8, 4) is 0 Å². The summed E-state index contributed by atoms with van der Waals surface area (Å²) in [5, 5.41) is 0. The quantitative estimate of drug-likeness (QED) is 0.642. The van der Waals surface area contributed by atoms with Crippen LogP contribution in [-0.4, -0.2) is 15.0 Å². The monoisotopic (exact) mass is 191 g/mol. The Morgan fingerprint density at radius 3 is 2.00 bits per heavy atom. The minimum Gasteiger partial charge on any atom is -0.251 e. The van der Waals surface area contributed by atoms with E-state index in [0.29, 0.717) is 5.65 Å². The van der Waals surface area contributed by atoms with Gasteiger partial charge in [-0.15, -0.1) is 0 Å². The largest absolute Gasteiger partial charge is 0.251 e. The zero-order valence-electron chi connectivity index (χ0n) is 9.23. The lowest BCUT2D eigenvalue weighted by Crippen LogP contribution is -1.83. The first-order valence-electron chi connectivity index (χ1n) is 4.98. The van der Waals surface area contributed by atoms with Crippen molar-refractivity contribution < 1.29 is 0 Å². The summed E-state index contributed by atoms with van der Waals surface area (Å²) in [5.74, 6) is 0. The van der Waals surface area contributed by atoms with Crippen LogP contribution in [0.5, 0.6) is 0 Å². The number of rotatable bonds is 0. The molecular weight excluding hydrogens is 174 g/mol. The average Bonchev–Trinajstić information content (AvgIpc) is 2.34. The Labute approximate surface area is 85.2 Å². The van der Waals surface area contributed by atoms with Crippen LogP contribution in [0.25, 0.3) is 11.2 Å². The van der Waals surface area contributed by atoms with Crippen LogP contribution in [0.1, 0.15) is 27.7 Å². The summed E-state index contributed by atoms with van der Waals surface area (Å²) in [6, 6.07) is 3.73. The van der Waals surface area contributed by atoms with Crippen molar-refractivity contribution in [3.63, 3.8) is 0 Å². The maximum absolute atomic E-state index is 4.06. The van der Waals surface area contributed by atoms with Gasteiger partial charge >= 0.3 is 0 Å². The van der Waals surface area contributed by atoms with Crippen molar-refractivity contribution in [1.29, 1.82) is 0 Å². The van der Waals surface area contributed by atoms with E-state index in [4.69, 9.17) is 0 Å². The topological polar surface area (TPSA) is 38.7 Å². The average molecular weight is 191 g/mol. The van der Waals surface area contributed by atoms with Crippen LogP contribution < -0.4 is 0 Å². The first-order chi connectivity index (χ1) is 6.97. The molecule has 0 N–H and O–H groups in total. The second-order valence-electron chi connectivity index (χ2n) is 1.90. The fourth-order valence-corrected chi connectivity index (χ4v) is 0.806. The molecule has 0 aliphatic carbocycles. The summed E-state index contributed by atoms with van der Waals surface area (Å²) >= 11 is 0. The van der Waals surface area contributed by atoms with Gasteiger partial charge < -0.3 is 0 Å². The van der Waals surface area contributed by atoms with Gasteiger partial charge in [-0.25, -0.2) is 9.97 Å². The maximum atomic E-state index is 4.06. The Kier molecular flexibility index (Phi) is 7.23. The van der Waals surface area contributed by atoms with E-state index in [1.807, 2.05) is 39.8 Å². The van der Waals surface area contributed by atoms with Gasteiger partial charge in [0.25, 0.3) is 0 Å². The van der Waals surface area contributed by atoms with E-state index in [0.717, 1.165) is 5.52 Å². The predicted molar refractivity (Wildman–Crippen MR) is 60.0 cm³/mol. The molecule has 3 nitrogen and oxygen atoms in total. The van der Waals surface area contributed by atoms with Gasteiger partial charge in [-0.2, -0.15) is 0 Å². The minimum atomic E-state index is 0.699. The molecular formula is C11H17N3. The molecule has 0 bridgehead atoms. The van der Waals surface area contributed by atoms with Gasteiger partial charge in [0.05, 0.1) is 0 Å². The standard InChI is InChI=1S/C7H5N3.2C2H6/c1-2-6-7(9-3-1)10-5-4-8-6;2*1-2/h1-5H;2*1-2H3. The Morgan fingerprint density at radius 1 is 0.786 bits per heavy atom. The molecule has 0 aliphatic rings. The molecule has 0 saturated heterocycles. The molecule has 3 heteroatoms. The fourth-order valence-electron chi connectivity index (χ4n) is 0.806. The summed E-state index contributed by atoms with van der Waals surface area (Å²) in [4.78, 5) is 12.1. The molecule has 2 aromatic heterocycles. The zero-order chi connectivity index (χ0) is 10.8. The molecule has 0 unspecified atom stereocenters. The molecule has 2 rings (SSSR count). The predicted octanol–water partition coefficient (Wildman–Crippen LogP) is 3.08. The molecule has 0 amide bonds. The highest BCUT2D eigenvalue weighted by molar-refractivity contribution is 5.67. The second kappa shape index (κ2) is 8.10. The van der Waals surface area contributed by atoms with Gasteiger partial charge in [-0.1, -0.05) is 27.7 Å². The van der Waals surface area contributed by atoms with Crippen LogP contribution in [0.4, 0.5) is 0 Å². The van der Waals surface area contributed by atoms with Gasteiger partial charge in [0.2, 0.25) is 0 Å². The van der Waals surface area contributed by atoms with E-state index in [1.165, 1.54) is 0 Å². The molecule has 0 atom stereocenters. The van der Waals surface area contributed by atoms with Crippen molar-refractivity contribution in [2.45, 2.75) is 27.7 Å². The molecule has 0 aliphatic heterocycles. The van der Waals surface area contributed by atoms with Crippen LogP contribution in [0.2, 0.25) is 0 Å². The van der Waals surface area contributed by atoms with Crippen LogP contribution >= 0.6 is 0 Å². The third-order valence-corrected chi connectivity index (χ3v) is 1.24. The number of hydrogen-bond acceptors (Lipinski definition) is 3. The molecule has 0 fully saturated rings. The van der Waals surface area contributed by atoms with Crippen molar-refractivity contribution >= 4 is 11.2 Å². The van der Waals surface area contributed by atoms with Crippen LogP contribution in [0.3, 0.4) is 0 Å². The van der Waals surface area contributed by atoms with E-state index in [9.17, 15) is 0 Å². The van der Waals surface area contributed by atoms with Crippen LogP contribution in [-0.2, 0) is 0 Å². The van der Waals surface area contributed by atoms with Crippen molar-refractivity contribution in [2.24, 2.45) is 0 Å². The smallest absolute Gasteiger partial charge is 0.178 e. The second-order valence-corrected chi connectivity index (χ2v) is 1.90. The number of pyridine rings is 1. The first-order valence-corrected chi connectivity index (χ1v) is 4.98. The molecule has 0 saturated carbocycles. The number of aromatic nitrogens is 3. The summed E-state index contributed by atoms with van der Waals surface area (Å²) in [6.07, 6.45) is 5.00. The molecule has 2 heterocycles. The molecule has 0 radical (unpaired) electrons. The molecule has 2 aromatic rings. The first kappa shape index (κ1) is 12.5. The molecule has 0 spiro atoms. The summed E-state index contributed by atoms with van der Waals surface area (Å²) in [6.45, 7) is 8.00. The van der Waals surface area contributed by atoms with Gasteiger partial charge in [0.15, 0.2) is 5.65 Å². The van der Waals surface area contributed by atoms with Gasteiger partial charge in [0.1, 0.15) is 5.52 Å². The number of fused-ring (bicyclic) bond motifs is 1. The van der Waals surface area contributed by atoms with Gasteiger partial charge in [0, 0.05) is 18.6 Å². The maximum Gasteiger partial charge on any atom is 0.178 e. The Balaban J connectivity index is 0.000000379. The van der Waals surface area contributed by atoms with Crippen molar-refractivity contribution in [3.05, 3.63) is 30.7 Å². The molecule has 76 valence electrons. The lowest BCUT2D eigenvalue weighted by molar-refractivity contribution is 1.22. The number of nitrogens with zero attached hydrogens (tertiary/aromatic N) is 3. The highest BCUT2D eigenvalue weighted by Crippen LogP contribution is 2.00. The van der Waals surface area contributed by atoms with Crippen molar-refractivity contribution in [1.82, 2.24) is 15.0 Å². The van der Waals surface area contributed by atoms with E-state index in [2.05, 4.69) is 15.0 Å². The summed E-state index contributed by atoms with van der Waals surface area (Å²) in [5.41, 5.74) is 1.54. The van der Waals surface area contributed by atoms with Crippen LogP contribution in [0, 0.1) is 0 Å². The van der Waals surface area contributed by atoms with E-state index in [1.54, 1.807) is 18.6 Å². The zero-order valence-corrected chi connectivity index (χ0v) is 9.23. The van der Waals surface area contributed by atoms with E-state index >= 15 is 0 Å². The molecule has 0 aromatic carbocycles. The van der Waals surface area contributed by atoms with Crippen molar-refractivity contribution in [2.75, 3.05) is 0 Å². The number of hydrogen-bond donors (Lipinski definition) is 0. The third-order valence-electron chi connectivity index (χ3n) is 1.24. The van der Waals surface area contributed by atoms with Gasteiger partial charge in [-0.05, 0) is 12.1 Å². The van der Waals surface area contributed by atoms with Crippen LogP contribution in [0.15, 0.2) is 30.7 Å².